The van der Waals surface area contributed by atoms with Crippen LogP contribution >= 0.6 is 15.9 Å². The Hall–Kier alpha value is -2.02. The van der Waals surface area contributed by atoms with Gasteiger partial charge in [-0.3, -0.25) is 4.98 Å². The van der Waals surface area contributed by atoms with Gasteiger partial charge in [0.1, 0.15) is 5.56 Å². The molecule has 1 N–H and O–H groups in total. The molecule has 1 aromatic carbocycles. The highest BCUT2D eigenvalue weighted by Crippen LogP contribution is 2.30. The number of aromatic nitrogens is 1. The van der Waals surface area contributed by atoms with Crippen molar-refractivity contribution < 1.29 is 23.4 Å². The molecule has 0 spiro atoms. The van der Waals surface area contributed by atoms with Crippen molar-refractivity contribution >= 4 is 21.9 Å². The van der Waals surface area contributed by atoms with Crippen molar-refractivity contribution in [1.82, 2.24) is 4.98 Å². The Morgan fingerprint density at radius 1 is 1.32 bits per heavy atom. The Labute approximate surface area is 114 Å². The van der Waals surface area contributed by atoms with E-state index in [1.807, 2.05) is 0 Å². The molecule has 4 nitrogen and oxygen atoms in total. The summed E-state index contributed by atoms with van der Waals surface area (Å²) in [4.78, 5) is 14.6. The number of pyridine rings is 1. The van der Waals surface area contributed by atoms with Crippen molar-refractivity contribution in [3.05, 3.63) is 52.3 Å². The molecule has 1 heterocycles. The topological polar surface area (TPSA) is 59.4 Å². The molecule has 0 aliphatic rings. The smallest absolute Gasteiger partial charge is 0.339 e. The van der Waals surface area contributed by atoms with Crippen molar-refractivity contribution in [2.24, 2.45) is 0 Å². The largest absolute Gasteiger partial charge is 0.478 e. The minimum absolute atomic E-state index is 0.175. The van der Waals surface area contributed by atoms with Crippen LogP contribution in [0.3, 0.4) is 0 Å². The molecule has 0 bridgehead atoms. The molecular formula is C12H6BrF2NO3. The molecule has 2 rings (SSSR count). The van der Waals surface area contributed by atoms with Gasteiger partial charge in [-0.1, -0.05) is 15.9 Å². The average molecular weight is 330 g/mol. The zero-order valence-electron chi connectivity index (χ0n) is 9.23. The summed E-state index contributed by atoms with van der Waals surface area (Å²) < 4.78 is 32.0. The molecule has 0 aliphatic heterocycles. The summed E-state index contributed by atoms with van der Waals surface area (Å²) in [5.74, 6) is -4.17. The fraction of sp³-hybridized carbons (Fsp3) is 0. The van der Waals surface area contributed by atoms with Gasteiger partial charge < -0.3 is 9.84 Å². The molecule has 0 aliphatic carbocycles. The molecule has 0 atom stereocenters. The van der Waals surface area contributed by atoms with Crippen LogP contribution in [0.15, 0.2) is 35.1 Å². The van der Waals surface area contributed by atoms with Crippen molar-refractivity contribution in [2.75, 3.05) is 0 Å². The Balaban J connectivity index is 2.45. The van der Waals surface area contributed by atoms with E-state index in [0.717, 1.165) is 12.3 Å². The fourth-order valence-electron chi connectivity index (χ4n) is 1.36. The molecular weight excluding hydrogens is 324 g/mol. The molecule has 0 amide bonds. The Bertz CT molecular complexity index is 649. The van der Waals surface area contributed by atoms with Gasteiger partial charge in [-0.15, -0.1) is 0 Å². The van der Waals surface area contributed by atoms with Crippen LogP contribution in [0, 0.1) is 11.6 Å². The predicted octanol–water partition coefficient (Wildman–Crippen LogP) is 3.61. The third kappa shape index (κ3) is 2.87. The second kappa shape index (κ2) is 5.31. The number of aromatic carboxylic acids is 1. The molecule has 0 radical (unpaired) electrons. The maximum atomic E-state index is 13.5. The summed E-state index contributed by atoms with van der Waals surface area (Å²) in [7, 11) is 0. The zero-order chi connectivity index (χ0) is 14.0. The van der Waals surface area contributed by atoms with Crippen molar-refractivity contribution in [2.45, 2.75) is 0 Å². The standard InChI is InChI=1S/C12H6BrF2NO3/c13-6-3-8(14)11(15)9(4-6)19-10-5-16-2-1-7(10)12(17)18/h1-5H,(H,17,18). The predicted molar refractivity (Wildman–Crippen MR) is 65.3 cm³/mol. The number of carboxylic acids is 1. The lowest BCUT2D eigenvalue weighted by Crippen LogP contribution is -2.01. The Morgan fingerprint density at radius 2 is 2.05 bits per heavy atom. The van der Waals surface area contributed by atoms with Gasteiger partial charge in [0.15, 0.2) is 17.3 Å². The minimum atomic E-state index is -1.26. The molecule has 0 fully saturated rings. The minimum Gasteiger partial charge on any atom is -0.478 e. The maximum absolute atomic E-state index is 13.5. The molecule has 98 valence electrons. The number of benzene rings is 1. The van der Waals surface area contributed by atoms with E-state index in [-0.39, 0.29) is 15.8 Å². The van der Waals surface area contributed by atoms with Crippen molar-refractivity contribution in [3.63, 3.8) is 0 Å². The number of carboxylic acid groups (broad SMARTS) is 1. The van der Waals surface area contributed by atoms with Crippen molar-refractivity contribution in [1.29, 1.82) is 0 Å². The quantitative estimate of drug-likeness (QED) is 0.874. The first-order valence-corrected chi connectivity index (χ1v) is 5.78. The van der Waals surface area contributed by atoms with Crippen LogP contribution in [0.1, 0.15) is 10.4 Å². The third-order valence-electron chi connectivity index (χ3n) is 2.19. The van der Waals surface area contributed by atoms with E-state index in [1.54, 1.807) is 0 Å². The van der Waals surface area contributed by atoms with Crippen molar-refractivity contribution in [3.8, 4) is 11.5 Å². The van der Waals surface area contributed by atoms with E-state index in [2.05, 4.69) is 20.9 Å². The monoisotopic (exact) mass is 329 g/mol. The third-order valence-corrected chi connectivity index (χ3v) is 2.65. The zero-order valence-corrected chi connectivity index (χ0v) is 10.8. The van der Waals surface area contributed by atoms with Crippen LogP contribution in [0.25, 0.3) is 0 Å². The van der Waals surface area contributed by atoms with Crippen LogP contribution in [0.4, 0.5) is 8.78 Å². The lowest BCUT2D eigenvalue weighted by Gasteiger charge is -2.09. The number of carbonyl (C=O) groups is 1. The first kappa shape index (κ1) is 13.4. The number of hydrogen-bond donors (Lipinski definition) is 1. The number of halogens is 3. The number of hydrogen-bond acceptors (Lipinski definition) is 3. The first-order valence-electron chi connectivity index (χ1n) is 4.98. The lowest BCUT2D eigenvalue weighted by atomic mass is 10.2. The average Bonchev–Trinajstić information content (AvgIpc) is 2.35. The highest BCUT2D eigenvalue weighted by molar-refractivity contribution is 9.10. The molecule has 0 unspecified atom stereocenters. The molecule has 0 saturated carbocycles. The second-order valence-corrected chi connectivity index (χ2v) is 4.39. The van der Waals surface area contributed by atoms with E-state index in [1.165, 1.54) is 18.3 Å². The highest BCUT2D eigenvalue weighted by atomic mass is 79.9. The molecule has 1 aromatic heterocycles. The van der Waals surface area contributed by atoms with Gasteiger partial charge in [0.2, 0.25) is 5.82 Å². The van der Waals surface area contributed by atoms with Gasteiger partial charge >= 0.3 is 5.97 Å². The molecule has 19 heavy (non-hydrogen) atoms. The summed E-state index contributed by atoms with van der Waals surface area (Å²) in [5, 5.41) is 8.94. The summed E-state index contributed by atoms with van der Waals surface area (Å²) in [6.45, 7) is 0. The summed E-state index contributed by atoms with van der Waals surface area (Å²) in [5.41, 5.74) is -0.199. The first-order chi connectivity index (χ1) is 8.99. The van der Waals surface area contributed by atoms with Crippen LogP contribution in [0.5, 0.6) is 11.5 Å². The van der Waals surface area contributed by atoms with Crippen LogP contribution < -0.4 is 4.74 Å². The van der Waals surface area contributed by atoms with E-state index in [4.69, 9.17) is 9.84 Å². The van der Waals surface area contributed by atoms with E-state index in [0.29, 0.717) is 0 Å². The van der Waals surface area contributed by atoms with Crippen LogP contribution in [-0.4, -0.2) is 16.1 Å². The SMILES string of the molecule is O=C(O)c1ccncc1Oc1cc(Br)cc(F)c1F. The fourth-order valence-corrected chi connectivity index (χ4v) is 1.77. The van der Waals surface area contributed by atoms with Crippen LogP contribution in [0.2, 0.25) is 0 Å². The number of rotatable bonds is 3. The maximum Gasteiger partial charge on any atom is 0.339 e. The molecule has 0 saturated heterocycles. The molecule has 2 aromatic rings. The summed E-state index contributed by atoms with van der Waals surface area (Å²) in [6.07, 6.45) is 2.37. The van der Waals surface area contributed by atoms with Gasteiger partial charge in [-0.2, -0.15) is 4.39 Å². The van der Waals surface area contributed by atoms with E-state index < -0.39 is 23.4 Å². The van der Waals surface area contributed by atoms with Gasteiger partial charge in [-0.05, 0) is 18.2 Å². The second-order valence-electron chi connectivity index (χ2n) is 3.48. The Morgan fingerprint density at radius 3 is 2.74 bits per heavy atom. The number of nitrogens with zero attached hydrogens (tertiary/aromatic N) is 1. The van der Waals surface area contributed by atoms with Crippen LogP contribution in [-0.2, 0) is 0 Å². The summed E-state index contributed by atoms with van der Waals surface area (Å²) >= 11 is 2.99. The van der Waals surface area contributed by atoms with Gasteiger partial charge in [0.25, 0.3) is 0 Å². The Kier molecular flexibility index (Phi) is 3.75. The lowest BCUT2D eigenvalue weighted by molar-refractivity contribution is 0.0694. The van der Waals surface area contributed by atoms with E-state index >= 15 is 0 Å². The normalized spacial score (nSPS) is 10.3. The van der Waals surface area contributed by atoms with Gasteiger partial charge in [-0.25, -0.2) is 9.18 Å². The van der Waals surface area contributed by atoms with Gasteiger partial charge in [0.05, 0.1) is 6.20 Å². The van der Waals surface area contributed by atoms with E-state index in [9.17, 15) is 13.6 Å². The highest BCUT2D eigenvalue weighted by Gasteiger charge is 2.16. The summed E-state index contributed by atoms with van der Waals surface area (Å²) in [6, 6.07) is 3.32. The number of ether oxygens (including phenoxy) is 1. The van der Waals surface area contributed by atoms with Gasteiger partial charge in [0, 0.05) is 10.7 Å². The molecule has 7 heteroatoms.